The third-order valence-electron chi connectivity index (χ3n) is 6.85. The number of rotatable bonds is 5. The Morgan fingerprint density at radius 2 is 1.54 bits per heavy atom. The Hall–Kier alpha value is -1.32. The van der Waals surface area contributed by atoms with E-state index < -0.39 is 12.0 Å². The predicted molar refractivity (Wildman–Crippen MR) is 106 cm³/mol. The van der Waals surface area contributed by atoms with Crippen LogP contribution in [-0.4, -0.2) is 6.18 Å². The predicted octanol–water partition coefficient (Wildman–Crippen LogP) is 8.14. The molecule has 0 heterocycles. The molecule has 0 saturated heterocycles. The van der Waals surface area contributed by atoms with Gasteiger partial charge in [0.2, 0.25) is 0 Å². The summed E-state index contributed by atoms with van der Waals surface area (Å²) in [7, 11) is 0. The van der Waals surface area contributed by atoms with Crippen LogP contribution in [0.1, 0.15) is 81.8 Å². The van der Waals surface area contributed by atoms with Gasteiger partial charge in [-0.2, -0.15) is 13.2 Å². The Morgan fingerprint density at radius 1 is 0.929 bits per heavy atom. The highest BCUT2D eigenvalue weighted by Crippen LogP contribution is 2.37. The summed E-state index contributed by atoms with van der Waals surface area (Å²) in [5.41, 5.74) is 2.81. The summed E-state index contributed by atoms with van der Waals surface area (Å²) in [5, 5.41) is 0. The van der Waals surface area contributed by atoms with E-state index in [-0.39, 0.29) is 5.92 Å². The van der Waals surface area contributed by atoms with Gasteiger partial charge in [-0.3, -0.25) is 0 Å². The molecule has 4 heteroatoms. The summed E-state index contributed by atoms with van der Waals surface area (Å²) < 4.78 is 50.0. The molecule has 1 aromatic carbocycles. The maximum Gasteiger partial charge on any atom is 0.442 e. The number of alkyl halides is 3. The lowest BCUT2D eigenvalue weighted by Gasteiger charge is -2.27. The second kappa shape index (κ2) is 9.45. The van der Waals surface area contributed by atoms with Gasteiger partial charge in [-0.1, -0.05) is 44.0 Å². The molecule has 2 fully saturated rings. The van der Waals surface area contributed by atoms with Crippen molar-refractivity contribution in [1.82, 2.24) is 0 Å². The Labute approximate surface area is 166 Å². The van der Waals surface area contributed by atoms with Crippen molar-refractivity contribution in [2.24, 2.45) is 17.8 Å². The van der Waals surface area contributed by atoms with Gasteiger partial charge in [0.15, 0.2) is 5.83 Å². The smallest absolute Gasteiger partial charge is 0.202 e. The Morgan fingerprint density at radius 3 is 2.11 bits per heavy atom. The van der Waals surface area contributed by atoms with Gasteiger partial charge in [0.25, 0.3) is 0 Å². The van der Waals surface area contributed by atoms with Gasteiger partial charge in [0.05, 0.1) is 0 Å². The van der Waals surface area contributed by atoms with Crippen LogP contribution in [0.25, 0.3) is 0 Å². The molecular formula is C24H32F4. The van der Waals surface area contributed by atoms with Crippen molar-refractivity contribution in [2.75, 3.05) is 0 Å². The quantitative estimate of drug-likeness (QED) is 0.441. The lowest BCUT2D eigenvalue weighted by Crippen LogP contribution is -2.16. The van der Waals surface area contributed by atoms with E-state index >= 15 is 0 Å². The average Bonchev–Trinajstić information content (AvgIpc) is 2.68. The molecule has 0 aromatic heterocycles. The largest absolute Gasteiger partial charge is 0.442 e. The van der Waals surface area contributed by atoms with Crippen molar-refractivity contribution in [1.29, 1.82) is 0 Å². The molecule has 0 atom stereocenters. The van der Waals surface area contributed by atoms with Crippen molar-refractivity contribution in [3.63, 3.8) is 0 Å². The number of allylic oxidation sites excluding steroid dienone is 2. The SMILES string of the molecule is CC1CCC(c2ccc(CCC3CCC(C=C(F)C(F)(F)F)CC3)cc2)CC1. The van der Waals surface area contributed by atoms with Gasteiger partial charge >= 0.3 is 6.18 Å². The van der Waals surface area contributed by atoms with Gasteiger partial charge in [0, 0.05) is 0 Å². The van der Waals surface area contributed by atoms with Gasteiger partial charge in [-0.05, 0) is 92.2 Å². The van der Waals surface area contributed by atoms with Crippen molar-refractivity contribution < 1.29 is 17.6 Å². The maximum absolute atomic E-state index is 13.1. The zero-order valence-electron chi connectivity index (χ0n) is 16.8. The number of hydrogen-bond donors (Lipinski definition) is 0. The van der Waals surface area contributed by atoms with Gasteiger partial charge in [0.1, 0.15) is 0 Å². The van der Waals surface area contributed by atoms with Gasteiger partial charge < -0.3 is 0 Å². The van der Waals surface area contributed by atoms with E-state index in [9.17, 15) is 17.6 Å². The molecule has 2 saturated carbocycles. The summed E-state index contributed by atoms with van der Waals surface area (Å²) in [5.74, 6) is -0.0753. The van der Waals surface area contributed by atoms with Crippen molar-refractivity contribution in [3.05, 3.63) is 47.3 Å². The van der Waals surface area contributed by atoms with Crippen LogP contribution in [-0.2, 0) is 6.42 Å². The Bertz CT molecular complexity index is 628. The zero-order chi connectivity index (χ0) is 20.1. The van der Waals surface area contributed by atoms with Crippen LogP contribution in [0.15, 0.2) is 36.2 Å². The summed E-state index contributed by atoms with van der Waals surface area (Å²) in [6.45, 7) is 2.34. The van der Waals surface area contributed by atoms with Crippen LogP contribution in [0.5, 0.6) is 0 Å². The van der Waals surface area contributed by atoms with E-state index in [0.717, 1.165) is 37.7 Å². The highest BCUT2D eigenvalue weighted by atomic mass is 19.4. The minimum Gasteiger partial charge on any atom is -0.202 e. The minimum atomic E-state index is -4.83. The molecule has 2 aliphatic rings. The standard InChI is InChI=1S/C24H32F4/c1-17-2-12-21(13-3-17)22-14-10-19(11-15-22)5-4-18-6-8-20(9-7-18)16-23(25)24(26,27)28/h10-11,14-18,20-21H,2-9,12-13H2,1H3. The molecule has 3 rings (SSSR count). The molecule has 28 heavy (non-hydrogen) atoms. The molecule has 0 amide bonds. The van der Waals surface area contributed by atoms with E-state index in [1.807, 2.05) is 0 Å². The third-order valence-corrected chi connectivity index (χ3v) is 6.85. The first-order valence-corrected chi connectivity index (χ1v) is 10.8. The second-order valence-electron chi connectivity index (χ2n) is 9.03. The first kappa shape index (κ1) is 21.4. The second-order valence-corrected chi connectivity index (χ2v) is 9.03. The Balaban J connectivity index is 1.42. The number of aryl methyl sites for hydroxylation is 1. The minimum absolute atomic E-state index is 0.268. The maximum atomic E-state index is 13.1. The normalized spacial score (nSPS) is 29.7. The van der Waals surface area contributed by atoms with E-state index in [1.54, 1.807) is 0 Å². The number of hydrogen-bond acceptors (Lipinski definition) is 0. The monoisotopic (exact) mass is 396 g/mol. The van der Waals surface area contributed by atoms with Crippen LogP contribution in [0.2, 0.25) is 0 Å². The number of benzene rings is 1. The summed E-state index contributed by atoms with van der Waals surface area (Å²) in [4.78, 5) is 0. The van der Waals surface area contributed by atoms with Crippen LogP contribution in [0.4, 0.5) is 17.6 Å². The van der Waals surface area contributed by atoms with Crippen molar-refractivity contribution >= 4 is 0 Å². The van der Waals surface area contributed by atoms with Crippen LogP contribution >= 0.6 is 0 Å². The molecule has 0 bridgehead atoms. The highest BCUT2D eigenvalue weighted by Gasteiger charge is 2.35. The van der Waals surface area contributed by atoms with Gasteiger partial charge in [-0.25, -0.2) is 4.39 Å². The lowest BCUT2D eigenvalue weighted by atomic mass is 9.78. The molecule has 156 valence electrons. The molecule has 0 spiro atoms. The zero-order valence-corrected chi connectivity index (χ0v) is 16.8. The molecule has 0 unspecified atom stereocenters. The molecule has 0 nitrogen and oxygen atoms in total. The van der Waals surface area contributed by atoms with Crippen LogP contribution in [0.3, 0.4) is 0 Å². The summed E-state index contributed by atoms with van der Waals surface area (Å²) in [6.07, 6.45) is 6.41. The molecule has 1 aromatic rings. The van der Waals surface area contributed by atoms with E-state index in [2.05, 4.69) is 31.2 Å². The topological polar surface area (TPSA) is 0 Å². The van der Waals surface area contributed by atoms with Crippen LogP contribution in [0, 0.1) is 17.8 Å². The lowest BCUT2D eigenvalue weighted by molar-refractivity contribution is -0.109. The number of halogens is 4. The fourth-order valence-electron chi connectivity index (χ4n) is 4.87. The van der Waals surface area contributed by atoms with Crippen molar-refractivity contribution in [2.45, 2.75) is 83.2 Å². The summed E-state index contributed by atoms with van der Waals surface area (Å²) >= 11 is 0. The fourth-order valence-corrected chi connectivity index (χ4v) is 4.87. The van der Waals surface area contributed by atoms with E-state index in [1.165, 1.54) is 36.8 Å². The van der Waals surface area contributed by atoms with E-state index in [0.29, 0.717) is 24.7 Å². The first-order valence-electron chi connectivity index (χ1n) is 10.8. The highest BCUT2D eigenvalue weighted by molar-refractivity contribution is 5.26. The molecule has 0 aliphatic heterocycles. The summed E-state index contributed by atoms with van der Waals surface area (Å²) in [6, 6.07) is 9.08. The van der Waals surface area contributed by atoms with Crippen molar-refractivity contribution in [3.8, 4) is 0 Å². The third kappa shape index (κ3) is 6.09. The average molecular weight is 397 g/mol. The fraction of sp³-hybridized carbons (Fsp3) is 0.667. The van der Waals surface area contributed by atoms with Gasteiger partial charge in [-0.15, -0.1) is 0 Å². The molecule has 0 N–H and O–H groups in total. The van der Waals surface area contributed by atoms with E-state index in [4.69, 9.17) is 0 Å². The molecule has 0 radical (unpaired) electrons. The molecule has 2 aliphatic carbocycles. The molecular weight excluding hydrogens is 364 g/mol. The first-order chi connectivity index (χ1) is 13.3. The van der Waals surface area contributed by atoms with Crippen LogP contribution < -0.4 is 0 Å². The Kier molecular flexibility index (Phi) is 7.22.